The number of anilines is 1. The van der Waals surface area contributed by atoms with Gasteiger partial charge in [0, 0.05) is 23.3 Å². The van der Waals surface area contributed by atoms with Crippen LogP contribution in [0.5, 0.6) is 5.75 Å². The van der Waals surface area contributed by atoms with Crippen LogP contribution in [0.3, 0.4) is 0 Å². The summed E-state index contributed by atoms with van der Waals surface area (Å²) >= 11 is 0. The van der Waals surface area contributed by atoms with Gasteiger partial charge in [-0.05, 0) is 50.1 Å². The number of nitrogens with one attached hydrogen (secondary N) is 1. The second kappa shape index (κ2) is 7.14. The minimum absolute atomic E-state index is 0.668. The molecule has 0 amide bonds. The lowest BCUT2D eigenvalue weighted by Crippen LogP contribution is -2.06. The van der Waals surface area contributed by atoms with Crippen molar-refractivity contribution >= 4 is 16.6 Å². The lowest BCUT2D eigenvalue weighted by molar-refractivity contribution is 0.340. The second-order valence-electron chi connectivity index (χ2n) is 5.59. The monoisotopic (exact) mass is 306 g/mol. The van der Waals surface area contributed by atoms with Crippen molar-refractivity contribution in [3.63, 3.8) is 0 Å². The maximum Gasteiger partial charge on any atom is 0.120 e. The van der Waals surface area contributed by atoms with Crippen LogP contribution in [0.4, 0.5) is 5.69 Å². The molecule has 3 aromatic rings. The highest BCUT2D eigenvalue weighted by Crippen LogP contribution is 2.27. The molecule has 1 heterocycles. The topological polar surface area (TPSA) is 34.1 Å². The summed E-state index contributed by atoms with van der Waals surface area (Å²) < 4.78 is 5.62. The highest BCUT2D eigenvalue weighted by molar-refractivity contribution is 5.92. The van der Waals surface area contributed by atoms with Gasteiger partial charge in [0.2, 0.25) is 0 Å². The van der Waals surface area contributed by atoms with Gasteiger partial charge in [-0.1, -0.05) is 30.3 Å². The van der Waals surface area contributed by atoms with Gasteiger partial charge in [-0.3, -0.25) is 4.98 Å². The minimum Gasteiger partial charge on any atom is -0.494 e. The molecule has 118 valence electrons. The lowest BCUT2D eigenvalue weighted by Gasteiger charge is -2.12. The molecule has 0 unspecified atom stereocenters. The summed E-state index contributed by atoms with van der Waals surface area (Å²) in [5, 5.41) is 4.66. The maximum atomic E-state index is 5.62. The minimum atomic E-state index is 0.668. The summed E-state index contributed by atoms with van der Waals surface area (Å²) in [6.45, 7) is 5.58. The van der Waals surface area contributed by atoms with Crippen LogP contribution in [0.1, 0.15) is 18.2 Å². The third-order valence-electron chi connectivity index (χ3n) is 3.79. The smallest absolute Gasteiger partial charge is 0.120 e. The summed E-state index contributed by atoms with van der Waals surface area (Å²) in [4.78, 5) is 4.61. The zero-order valence-corrected chi connectivity index (χ0v) is 13.7. The van der Waals surface area contributed by atoms with Crippen molar-refractivity contribution in [2.45, 2.75) is 20.3 Å². The summed E-state index contributed by atoms with van der Waals surface area (Å²) in [5.41, 5.74) is 4.47. The molecular formula is C20H22N2O. The van der Waals surface area contributed by atoms with E-state index in [1.807, 2.05) is 32.0 Å². The summed E-state index contributed by atoms with van der Waals surface area (Å²) in [5.74, 6) is 0.886. The Morgan fingerprint density at radius 2 is 1.87 bits per heavy atom. The molecule has 0 aliphatic carbocycles. The van der Waals surface area contributed by atoms with Gasteiger partial charge in [0.05, 0.1) is 12.1 Å². The number of hydrogen-bond donors (Lipinski definition) is 1. The van der Waals surface area contributed by atoms with Crippen molar-refractivity contribution in [2.75, 3.05) is 18.5 Å². The molecule has 0 aliphatic heterocycles. The Kier molecular flexibility index (Phi) is 4.77. The Labute approximate surface area is 137 Å². The number of aromatic nitrogens is 1. The SMILES string of the molecule is CCOc1ccc2nc(C)cc(NCCc3ccccc3)c2c1. The van der Waals surface area contributed by atoms with E-state index in [2.05, 4.69) is 46.7 Å². The van der Waals surface area contributed by atoms with E-state index in [4.69, 9.17) is 4.74 Å². The predicted octanol–water partition coefficient (Wildman–Crippen LogP) is 4.60. The normalized spacial score (nSPS) is 10.7. The van der Waals surface area contributed by atoms with Crippen LogP contribution < -0.4 is 10.1 Å². The Hall–Kier alpha value is -2.55. The van der Waals surface area contributed by atoms with Gasteiger partial charge in [-0.15, -0.1) is 0 Å². The van der Waals surface area contributed by atoms with Crippen LogP contribution in [0.15, 0.2) is 54.6 Å². The zero-order chi connectivity index (χ0) is 16.1. The predicted molar refractivity (Wildman–Crippen MR) is 96.3 cm³/mol. The number of fused-ring (bicyclic) bond motifs is 1. The highest BCUT2D eigenvalue weighted by atomic mass is 16.5. The third kappa shape index (κ3) is 3.81. The average Bonchev–Trinajstić information content (AvgIpc) is 2.56. The van der Waals surface area contributed by atoms with Crippen molar-refractivity contribution in [3.8, 4) is 5.75 Å². The van der Waals surface area contributed by atoms with Crippen LogP contribution in [-0.2, 0) is 6.42 Å². The fraction of sp³-hybridized carbons (Fsp3) is 0.250. The first kappa shape index (κ1) is 15.3. The standard InChI is InChI=1S/C20H22N2O/c1-3-23-17-9-10-19-18(14-17)20(13-15(2)22-19)21-12-11-16-7-5-4-6-8-16/h4-10,13-14H,3,11-12H2,1-2H3,(H,21,22). The van der Waals surface area contributed by atoms with Crippen molar-refractivity contribution in [1.82, 2.24) is 4.98 Å². The summed E-state index contributed by atoms with van der Waals surface area (Å²) in [7, 11) is 0. The molecule has 0 fully saturated rings. The number of pyridine rings is 1. The van der Waals surface area contributed by atoms with Gasteiger partial charge < -0.3 is 10.1 Å². The van der Waals surface area contributed by atoms with Crippen molar-refractivity contribution < 1.29 is 4.74 Å². The molecular weight excluding hydrogens is 284 g/mol. The number of aryl methyl sites for hydroxylation is 1. The molecule has 0 bridgehead atoms. The number of nitrogens with zero attached hydrogens (tertiary/aromatic N) is 1. The Morgan fingerprint density at radius 1 is 1.04 bits per heavy atom. The summed E-state index contributed by atoms with van der Waals surface area (Å²) in [6.07, 6.45) is 0.995. The molecule has 0 spiro atoms. The van der Waals surface area contributed by atoms with E-state index in [9.17, 15) is 0 Å². The largest absolute Gasteiger partial charge is 0.494 e. The molecule has 1 aromatic heterocycles. The zero-order valence-electron chi connectivity index (χ0n) is 13.7. The first-order valence-corrected chi connectivity index (χ1v) is 8.08. The maximum absolute atomic E-state index is 5.62. The number of rotatable bonds is 6. The van der Waals surface area contributed by atoms with Crippen LogP contribution in [0.2, 0.25) is 0 Å². The van der Waals surface area contributed by atoms with Crippen molar-refractivity contribution in [2.24, 2.45) is 0 Å². The Bertz CT molecular complexity index is 784. The van der Waals surface area contributed by atoms with Crippen LogP contribution in [0.25, 0.3) is 10.9 Å². The van der Waals surface area contributed by atoms with E-state index in [1.165, 1.54) is 5.56 Å². The number of ether oxygens (including phenoxy) is 1. The number of benzene rings is 2. The molecule has 3 nitrogen and oxygen atoms in total. The van der Waals surface area contributed by atoms with Crippen molar-refractivity contribution in [3.05, 3.63) is 65.9 Å². The fourth-order valence-corrected chi connectivity index (χ4v) is 2.73. The second-order valence-corrected chi connectivity index (χ2v) is 5.59. The lowest BCUT2D eigenvalue weighted by atomic mass is 10.1. The van der Waals surface area contributed by atoms with Gasteiger partial charge in [0.15, 0.2) is 0 Å². The highest BCUT2D eigenvalue weighted by Gasteiger charge is 2.06. The van der Waals surface area contributed by atoms with E-state index < -0.39 is 0 Å². The molecule has 0 radical (unpaired) electrons. The summed E-state index contributed by atoms with van der Waals surface area (Å²) in [6, 6.07) is 18.7. The molecule has 3 rings (SSSR count). The van der Waals surface area contributed by atoms with Gasteiger partial charge in [-0.2, -0.15) is 0 Å². The van der Waals surface area contributed by atoms with Gasteiger partial charge >= 0.3 is 0 Å². The van der Waals surface area contributed by atoms with Crippen LogP contribution in [0, 0.1) is 6.92 Å². The Balaban J connectivity index is 1.82. The fourth-order valence-electron chi connectivity index (χ4n) is 2.73. The first-order chi connectivity index (χ1) is 11.3. The van der Waals surface area contributed by atoms with Crippen LogP contribution in [-0.4, -0.2) is 18.1 Å². The van der Waals surface area contributed by atoms with E-state index in [0.717, 1.165) is 41.0 Å². The molecule has 3 heteroatoms. The van der Waals surface area contributed by atoms with E-state index >= 15 is 0 Å². The van der Waals surface area contributed by atoms with E-state index in [0.29, 0.717) is 6.61 Å². The molecule has 2 aromatic carbocycles. The Morgan fingerprint density at radius 3 is 2.65 bits per heavy atom. The van der Waals surface area contributed by atoms with Gasteiger partial charge in [0.1, 0.15) is 5.75 Å². The molecule has 0 saturated carbocycles. The quantitative estimate of drug-likeness (QED) is 0.723. The molecule has 1 N–H and O–H groups in total. The van der Waals surface area contributed by atoms with E-state index in [-0.39, 0.29) is 0 Å². The number of hydrogen-bond acceptors (Lipinski definition) is 3. The molecule has 0 aliphatic rings. The molecule has 0 saturated heterocycles. The first-order valence-electron chi connectivity index (χ1n) is 8.08. The third-order valence-corrected chi connectivity index (χ3v) is 3.79. The van der Waals surface area contributed by atoms with Crippen molar-refractivity contribution in [1.29, 1.82) is 0 Å². The molecule has 23 heavy (non-hydrogen) atoms. The average molecular weight is 306 g/mol. The van der Waals surface area contributed by atoms with E-state index in [1.54, 1.807) is 0 Å². The van der Waals surface area contributed by atoms with Crippen LogP contribution >= 0.6 is 0 Å². The van der Waals surface area contributed by atoms with Gasteiger partial charge in [0.25, 0.3) is 0 Å². The molecule has 0 atom stereocenters. The van der Waals surface area contributed by atoms with Gasteiger partial charge in [-0.25, -0.2) is 0 Å².